The molecule has 0 bridgehead atoms. The predicted octanol–water partition coefficient (Wildman–Crippen LogP) is 2.81. The van der Waals surface area contributed by atoms with Crippen LogP contribution >= 0.6 is 0 Å². The quantitative estimate of drug-likeness (QED) is 0.320. The van der Waals surface area contributed by atoms with E-state index in [1.807, 2.05) is 0 Å². The Kier molecular flexibility index (Phi) is 27.1. The Balaban J connectivity index is -0.000000740. The average Bonchev–Trinajstić information content (AvgIpc) is 2.35. The molecule has 0 aromatic carbocycles. The second kappa shape index (κ2) is 21.1. The molecule has 0 radical (unpaired) electrons. The summed E-state index contributed by atoms with van der Waals surface area (Å²) in [6.45, 7) is 4.24. The van der Waals surface area contributed by atoms with Gasteiger partial charge in [0.1, 0.15) is 0 Å². The number of aliphatic hydroxyl groups is 1. The molecule has 0 aliphatic carbocycles. The Hall–Kier alpha value is 1.09. The van der Waals surface area contributed by atoms with Crippen LogP contribution in [0.1, 0.15) is 78.1 Å². The summed E-state index contributed by atoms with van der Waals surface area (Å²) < 4.78 is 33.0. The van der Waals surface area contributed by atoms with Gasteiger partial charge in [0, 0.05) is 6.61 Å². The predicted molar refractivity (Wildman–Crippen MR) is 90.6 cm³/mol. The fourth-order valence-corrected chi connectivity index (χ4v) is 2.08. The number of rotatable bonds is 12. The van der Waals surface area contributed by atoms with Crippen molar-refractivity contribution in [1.82, 2.24) is 0 Å². The molecule has 7 heteroatoms. The van der Waals surface area contributed by atoms with Crippen molar-refractivity contribution in [2.75, 3.05) is 13.2 Å². The van der Waals surface area contributed by atoms with Crippen molar-refractivity contribution < 1.29 is 22.3 Å². The van der Waals surface area contributed by atoms with Gasteiger partial charge in [0.2, 0.25) is 0 Å². The minimum absolute atomic E-state index is 0. The third kappa shape index (κ3) is 33.8. The SMILES string of the molecule is CCCCCCCCCCCCOS(=O)(=O)O.CCO.[CaH2]. The summed E-state index contributed by atoms with van der Waals surface area (Å²) in [7, 11) is -4.23. The van der Waals surface area contributed by atoms with Crippen LogP contribution in [0.2, 0.25) is 0 Å². The standard InChI is InChI=1S/C12H26O4S.C2H6O.Ca.2H/c1-2-3-4-5-6-7-8-9-10-11-12-16-17(13,14)15;1-2-3;;;/h2-12H2,1H3,(H,13,14,15);3H,2H2,1H3;;;. The monoisotopic (exact) mass is 354 g/mol. The fraction of sp³-hybridized carbons (Fsp3) is 1.00. The second-order valence-electron chi connectivity index (χ2n) is 4.75. The van der Waals surface area contributed by atoms with E-state index >= 15 is 0 Å². The zero-order valence-electron chi connectivity index (χ0n) is 13.0. The van der Waals surface area contributed by atoms with Gasteiger partial charge in [-0.2, -0.15) is 8.42 Å². The Morgan fingerprint density at radius 3 is 1.48 bits per heavy atom. The molecule has 0 spiro atoms. The summed E-state index contributed by atoms with van der Waals surface area (Å²) in [5.41, 5.74) is 0. The van der Waals surface area contributed by atoms with Crippen LogP contribution in [0.25, 0.3) is 0 Å². The summed E-state index contributed by atoms with van der Waals surface area (Å²) in [5.74, 6) is 0. The molecule has 128 valence electrons. The molecule has 0 aliphatic heterocycles. The molecule has 0 heterocycles. The number of aliphatic hydroxyl groups excluding tert-OH is 1. The van der Waals surface area contributed by atoms with Gasteiger partial charge < -0.3 is 5.11 Å². The van der Waals surface area contributed by atoms with Crippen LogP contribution in [0.5, 0.6) is 0 Å². The maximum atomic E-state index is 10.2. The summed E-state index contributed by atoms with van der Waals surface area (Å²) in [5, 5.41) is 7.57. The van der Waals surface area contributed by atoms with Gasteiger partial charge in [0.25, 0.3) is 0 Å². The molecule has 0 rings (SSSR count). The molecule has 0 unspecified atom stereocenters. The molecule has 0 saturated heterocycles. The van der Waals surface area contributed by atoms with E-state index in [1.54, 1.807) is 6.92 Å². The van der Waals surface area contributed by atoms with Crippen LogP contribution in [-0.2, 0) is 14.6 Å². The summed E-state index contributed by atoms with van der Waals surface area (Å²) in [6.07, 6.45) is 11.9. The normalized spacial score (nSPS) is 10.5. The van der Waals surface area contributed by atoms with E-state index < -0.39 is 10.4 Å². The van der Waals surface area contributed by atoms with Crippen molar-refractivity contribution >= 4 is 48.1 Å². The Morgan fingerprint density at radius 2 is 1.14 bits per heavy atom. The van der Waals surface area contributed by atoms with Crippen molar-refractivity contribution in [2.45, 2.75) is 78.1 Å². The van der Waals surface area contributed by atoms with E-state index in [9.17, 15) is 8.42 Å². The van der Waals surface area contributed by atoms with Crippen molar-refractivity contribution in [2.24, 2.45) is 0 Å². The molecule has 0 aliphatic rings. The van der Waals surface area contributed by atoms with Crippen molar-refractivity contribution in [1.29, 1.82) is 0 Å². The van der Waals surface area contributed by atoms with E-state index in [4.69, 9.17) is 9.66 Å². The van der Waals surface area contributed by atoms with Gasteiger partial charge in [0.05, 0.1) is 6.61 Å². The second-order valence-corrected chi connectivity index (χ2v) is 5.84. The van der Waals surface area contributed by atoms with Crippen LogP contribution in [-0.4, -0.2) is 69.0 Å². The zero-order valence-corrected chi connectivity index (χ0v) is 13.8. The van der Waals surface area contributed by atoms with Crippen LogP contribution < -0.4 is 0 Å². The molecule has 0 atom stereocenters. The van der Waals surface area contributed by atoms with E-state index in [0.29, 0.717) is 6.42 Å². The minimum atomic E-state index is -4.23. The third-order valence-corrected chi connectivity index (χ3v) is 3.19. The molecule has 0 amide bonds. The van der Waals surface area contributed by atoms with Gasteiger partial charge >= 0.3 is 48.1 Å². The Bertz CT molecular complexity index is 271. The fourth-order valence-electron chi connectivity index (χ4n) is 1.75. The number of unbranched alkanes of at least 4 members (excludes halogenated alkanes) is 9. The van der Waals surface area contributed by atoms with E-state index in [-0.39, 0.29) is 51.0 Å². The van der Waals surface area contributed by atoms with Gasteiger partial charge in [-0.3, -0.25) is 4.55 Å². The summed E-state index contributed by atoms with van der Waals surface area (Å²) >= 11 is 0. The van der Waals surface area contributed by atoms with Crippen LogP contribution in [0.3, 0.4) is 0 Å². The Labute approximate surface area is 160 Å². The molecule has 21 heavy (non-hydrogen) atoms. The maximum absolute atomic E-state index is 10.2. The molecule has 0 fully saturated rings. The summed E-state index contributed by atoms with van der Waals surface area (Å²) in [4.78, 5) is 0. The molecule has 5 nitrogen and oxygen atoms in total. The van der Waals surface area contributed by atoms with E-state index in [0.717, 1.165) is 12.8 Å². The Morgan fingerprint density at radius 1 is 0.810 bits per heavy atom. The first kappa shape index (κ1) is 27.0. The first-order valence-electron chi connectivity index (χ1n) is 7.70. The topological polar surface area (TPSA) is 83.8 Å². The molecular formula is C14H34CaO5S. The molecule has 2 N–H and O–H groups in total. The third-order valence-electron chi connectivity index (χ3n) is 2.73. The van der Waals surface area contributed by atoms with Crippen molar-refractivity contribution in [3.8, 4) is 0 Å². The van der Waals surface area contributed by atoms with Gasteiger partial charge in [-0.1, -0.05) is 64.7 Å². The first-order chi connectivity index (χ1) is 9.47. The van der Waals surface area contributed by atoms with Gasteiger partial charge in [-0.25, -0.2) is 4.18 Å². The van der Waals surface area contributed by atoms with E-state index in [1.165, 1.54) is 44.9 Å². The number of hydrogen-bond acceptors (Lipinski definition) is 4. The van der Waals surface area contributed by atoms with Gasteiger partial charge in [-0.15, -0.1) is 0 Å². The van der Waals surface area contributed by atoms with Gasteiger partial charge in [-0.05, 0) is 13.3 Å². The summed E-state index contributed by atoms with van der Waals surface area (Å²) in [6, 6.07) is 0. The average molecular weight is 355 g/mol. The molecule has 0 saturated carbocycles. The molecular weight excluding hydrogens is 320 g/mol. The van der Waals surface area contributed by atoms with Crippen LogP contribution in [0.4, 0.5) is 0 Å². The van der Waals surface area contributed by atoms with Gasteiger partial charge in [0.15, 0.2) is 0 Å². The zero-order chi connectivity index (χ0) is 15.7. The van der Waals surface area contributed by atoms with E-state index in [2.05, 4.69) is 11.1 Å². The number of hydrogen-bond donors (Lipinski definition) is 2. The van der Waals surface area contributed by atoms with Crippen molar-refractivity contribution in [3.05, 3.63) is 0 Å². The van der Waals surface area contributed by atoms with Crippen LogP contribution in [0, 0.1) is 0 Å². The molecule has 0 aromatic heterocycles. The van der Waals surface area contributed by atoms with Crippen LogP contribution in [0.15, 0.2) is 0 Å². The first-order valence-corrected chi connectivity index (χ1v) is 9.07. The van der Waals surface area contributed by atoms with Crippen molar-refractivity contribution in [3.63, 3.8) is 0 Å². The molecule has 0 aromatic rings.